The highest BCUT2D eigenvalue weighted by Crippen LogP contribution is 2.38. The van der Waals surface area contributed by atoms with Crippen LogP contribution in [0.5, 0.6) is 0 Å². The molecule has 0 aliphatic carbocycles. The van der Waals surface area contributed by atoms with Gasteiger partial charge in [-0.15, -0.1) is 0 Å². The van der Waals surface area contributed by atoms with Crippen LogP contribution in [0.4, 0.5) is 10.5 Å². The fourth-order valence-corrected chi connectivity index (χ4v) is 3.68. The van der Waals surface area contributed by atoms with E-state index in [9.17, 15) is 4.79 Å². The van der Waals surface area contributed by atoms with E-state index < -0.39 is 0 Å². The van der Waals surface area contributed by atoms with Crippen LogP contribution in [-0.4, -0.2) is 23.0 Å². The van der Waals surface area contributed by atoms with Gasteiger partial charge in [-0.1, -0.05) is 45.1 Å². The SMILES string of the molecule is C=C1CC2CCC(C1)N2C(=O)Nc1ccc(C(C)(C)C)cc1. The molecule has 2 saturated heterocycles. The summed E-state index contributed by atoms with van der Waals surface area (Å²) in [4.78, 5) is 14.6. The van der Waals surface area contributed by atoms with Gasteiger partial charge in [0.1, 0.15) is 0 Å². The number of carbonyl (C=O) groups is 1. The molecule has 0 saturated carbocycles. The lowest BCUT2D eigenvalue weighted by Crippen LogP contribution is -2.46. The molecule has 3 nitrogen and oxygen atoms in total. The van der Waals surface area contributed by atoms with Crippen LogP contribution in [0.2, 0.25) is 0 Å². The molecule has 2 amide bonds. The minimum Gasteiger partial charge on any atom is -0.318 e. The number of nitrogens with one attached hydrogen (secondary N) is 1. The summed E-state index contributed by atoms with van der Waals surface area (Å²) in [5.74, 6) is 0. The van der Waals surface area contributed by atoms with Crippen LogP contribution in [0.1, 0.15) is 52.0 Å². The van der Waals surface area contributed by atoms with E-state index in [1.165, 1.54) is 11.1 Å². The third kappa shape index (κ3) is 2.90. The number of fused-ring (bicyclic) bond motifs is 2. The van der Waals surface area contributed by atoms with Crippen molar-refractivity contribution < 1.29 is 4.79 Å². The lowest BCUT2D eigenvalue weighted by atomic mass is 9.87. The van der Waals surface area contributed by atoms with Gasteiger partial charge in [0, 0.05) is 17.8 Å². The Labute approximate surface area is 133 Å². The summed E-state index contributed by atoms with van der Waals surface area (Å²) in [5.41, 5.74) is 3.59. The molecule has 1 aromatic carbocycles. The maximum atomic E-state index is 12.6. The van der Waals surface area contributed by atoms with Crippen molar-refractivity contribution in [1.82, 2.24) is 4.90 Å². The number of piperidine rings is 1. The van der Waals surface area contributed by atoms with Crippen molar-refractivity contribution in [1.29, 1.82) is 0 Å². The van der Waals surface area contributed by atoms with E-state index in [1.807, 2.05) is 17.0 Å². The van der Waals surface area contributed by atoms with E-state index in [0.29, 0.717) is 12.1 Å². The van der Waals surface area contributed by atoms with E-state index in [0.717, 1.165) is 31.4 Å². The van der Waals surface area contributed by atoms with Crippen LogP contribution in [-0.2, 0) is 5.41 Å². The van der Waals surface area contributed by atoms with Crippen LogP contribution in [0.15, 0.2) is 36.4 Å². The van der Waals surface area contributed by atoms with Crippen molar-refractivity contribution in [2.75, 3.05) is 5.32 Å². The summed E-state index contributed by atoms with van der Waals surface area (Å²) >= 11 is 0. The topological polar surface area (TPSA) is 32.3 Å². The molecule has 2 aliphatic heterocycles. The summed E-state index contributed by atoms with van der Waals surface area (Å²) in [6.45, 7) is 10.7. The van der Waals surface area contributed by atoms with Crippen LogP contribution in [0.3, 0.4) is 0 Å². The van der Waals surface area contributed by atoms with Crippen molar-refractivity contribution in [3.63, 3.8) is 0 Å². The molecule has 2 bridgehead atoms. The highest BCUT2D eigenvalue weighted by molar-refractivity contribution is 5.90. The highest BCUT2D eigenvalue weighted by atomic mass is 16.2. The highest BCUT2D eigenvalue weighted by Gasteiger charge is 2.40. The number of nitrogens with zero attached hydrogens (tertiary/aromatic N) is 1. The fourth-order valence-electron chi connectivity index (χ4n) is 3.68. The molecule has 3 rings (SSSR count). The molecule has 0 spiro atoms. The number of carbonyl (C=O) groups excluding carboxylic acids is 1. The molecule has 118 valence electrons. The Hall–Kier alpha value is -1.77. The first kappa shape index (κ1) is 15.1. The van der Waals surface area contributed by atoms with Crippen molar-refractivity contribution >= 4 is 11.7 Å². The Balaban J connectivity index is 1.69. The fraction of sp³-hybridized carbons (Fsp3) is 0.526. The first-order valence-corrected chi connectivity index (χ1v) is 8.21. The predicted molar refractivity (Wildman–Crippen MR) is 91.2 cm³/mol. The quantitative estimate of drug-likeness (QED) is 0.749. The minimum atomic E-state index is 0.0449. The van der Waals surface area contributed by atoms with Crippen LogP contribution in [0, 0.1) is 0 Å². The number of urea groups is 1. The Bertz CT molecular complexity index is 566. The molecule has 2 fully saturated rings. The normalized spacial score (nSPS) is 24.5. The largest absolute Gasteiger partial charge is 0.322 e. The molecule has 2 unspecified atom stereocenters. The summed E-state index contributed by atoms with van der Waals surface area (Å²) in [6.07, 6.45) is 4.15. The number of hydrogen-bond donors (Lipinski definition) is 1. The van der Waals surface area contributed by atoms with Gasteiger partial charge < -0.3 is 10.2 Å². The summed E-state index contributed by atoms with van der Waals surface area (Å²) in [5, 5.41) is 3.06. The van der Waals surface area contributed by atoms with Crippen molar-refractivity contribution in [2.24, 2.45) is 0 Å². The average Bonchev–Trinajstić information content (AvgIpc) is 2.71. The van der Waals surface area contributed by atoms with Gasteiger partial charge in [0.05, 0.1) is 0 Å². The second-order valence-electron chi connectivity index (χ2n) is 7.71. The molecule has 2 heterocycles. The summed E-state index contributed by atoms with van der Waals surface area (Å²) in [6, 6.07) is 8.94. The molecule has 2 atom stereocenters. The Morgan fingerprint density at radius 2 is 1.68 bits per heavy atom. The van der Waals surface area contributed by atoms with Gasteiger partial charge >= 0.3 is 6.03 Å². The third-order valence-electron chi connectivity index (χ3n) is 4.91. The maximum absolute atomic E-state index is 12.6. The van der Waals surface area contributed by atoms with Crippen molar-refractivity contribution in [3.05, 3.63) is 42.0 Å². The molecule has 0 aromatic heterocycles. The van der Waals surface area contributed by atoms with E-state index >= 15 is 0 Å². The summed E-state index contributed by atoms with van der Waals surface area (Å²) in [7, 11) is 0. The number of rotatable bonds is 1. The Kier molecular flexibility index (Phi) is 3.75. The van der Waals surface area contributed by atoms with Gasteiger partial charge in [-0.05, 0) is 48.8 Å². The number of benzene rings is 1. The predicted octanol–water partition coefficient (Wildman–Crippen LogP) is 4.70. The first-order valence-electron chi connectivity index (χ1n) is 8.21. The third-order valence-corrected chi connectivity index (χ3v) is 4.91. The monoisotopic (exact) mass is 298 g/mol. The maximum Gasteiger partial charge on any atom is 0.322 e. The second kappa shape index (κ2) is 5.45. The average molecular weight is 298 g/mol. The molecule has 2 aliphatic rings. The van der Waals surface area contributed by atoms with Crippen molar-refractivity contribution in [3.8, 4) is 0 Å². The number of hydrogen-bond acceptors (Lipinski definition) is 1. The lowest BCUT2D eigenvalue weighted by Gasteiger charge is -2.35. The van der Waals surface area contributed by atoms with Gasteiger partial charge in [0.15, 0.2) is 0 Å². The Morgan fingerprint density at radius 3 is 2.18 bits per heavy atom. The number of anilines is 1. The van der Waals surface area contributed by atoms with Crippen LogP contribution >= 0.6 is 0 Å². The van der Waals surface area contributed by atoms with E-state index in [4.69, 9.17) is 0 Å². The smallest absolute Gasteiger partial charge is 0.318 e. The summed E-state index contributed by atoms with van der Waals surface area (Å²) < 4.78 is 0. The van der Waals surface area contributed by atoms with Crippen LogP contribution < -0.4 is 5.32 Å². The van der Waals surface area contributed by atoms with Gasteiger partial charge in [0.2, 0.25) is 0 Å². The van der Waals surface area contributed by atoms with Gasteiger partial charge in [-0.25, -0.2) is 4.79 Å². The van der Waals surface area contributed by atoms with Gasteiger partial charge in [-0.2, -0.15) is 0 Å². The standard InChI is InChI=1S/C19H26N2O/c1-13-11-16-9-10-17(12-13)21(16)18(22)20-15-7-5-14(6-8-15)19(2,3)4/h5-8,16-17H,1,9-12H2,2-4H3,(H,20,22). The zero-order valence-corrected chi connectivity index (χ0v) is 13.9. The molecular weight excluding hydrogens is 272 g/mol. The molecule has 22 heavy (non-hydrogen) atoms. The zero-order chi connectivity index (χ0) is 15.9. The van der Waals surface area contributed by atoms with E-state index in [1.54, 1.807) is 0 Å². The lowest BCUT2D eigenvalue weighted by molar-refractivity contribution is 0.174. The van der Waals surface area contributed by atoms with E-state index in [-0.39, 0.29) is 11.4 Å². The van der Waals surface area contributed by atoms with Crippen molar-refractivity contribution in [2.45, 2.75) is 64.0 Å². The number of amides is 2. The molecule has 0 radical (unpaired) electrons. The molecule has 3 heteroatoms. The Morgan fingerprint density at radius 1 is 1.14 bits per heavy atom. The zero-order valence-electron chi connectivity index (χ0n) is 13.9. The van der Waals surface area contributed by atoms with E-state index in [2.05, 4.69) is 44.8 Å². The molecule has 1 N–H and O–H groups in total. The van der Waals surface area contributed by atoms with Crippen LogP contribution in [0.25, 0.3) is 0 Å². The molecule has 1 aromatic rings. The second-order valence-corrected chi connectivity index (χ2v) is 7.71. The van der Waals surface area contributed by atoms with Gasteiger partial charge in [-0.3, -0.25) is 0 Å². The molecular formula is C19H26N2O. The first-order chi connectivity index (χ1) is 10.3. The van der Waals surface area contributed by atoms with Gasteiger partial charge in [0.25, 0.3) is 0 Å². The minimum absolute atomic E-state index is 0.0449.